The van der Waals surface area contributed by atoms with Crippen LogP contribution >= 0.6 is 0 Å². The number of nitrogens with two attached hydrogens (primary N) is 1. The monoisotopic (exact) mass is 248 g/mol. The predicted octanol–water partition coefficient (Wildman–Crippen LogP) is 3.43. The Hall–Kier alpha value is -2.20. The minimum absolute atomic E-state index is 0.591. The van der Waals surface area contributed by atoms with Gasteiger partial charge in [0, 0.05) is 10.6 Å². The van der Waals surface area contributed by atoms with Crippen molar-refractivity contribution < 1.29 is 9.53 Å². The molecule has 1 aromatic carbocycles. The molecule has 0 aromatic heterocycles. The molecule has 0 fully saturated rings. The van der Waals surface area contributed by atoms with Crippen LogP contribution in [-0.4, -0.2) is 11.7 Å². The second-order valence-corrected chi connectivity index (χ2v) is 4.50. The first-order chi connectivity index (χ1) is 8.44. The second-order valence-electron chi connectivity index (χ2n) is 4.50. The lowest BCUT2D eigenvalue weighted by atomic mass is 9.98. The number of aryl methyl sites for hydroxylation is 1. The number of carbonyl (C=O) groups excluding carboxylic acids is 1. The van der Waals surface area contributed by atoms with Gasteiger partial charge in [0.1, 0.15) is 5.60 Å². The minimum Gasteiger partial charge on any atom is -0.444 e. The van der Waals surface area contributed by atoms with E-state index in [4.69, 9.17) is 16.0 Å². The molecule has 1 aromatic rings. The van der Waals surface area contributed by atoms with Crippen LogP contribution in [0.2, 0.25) is 0 Å². The van der Waals surface area contributed by atoms with Crippen molar-refractivity contribution in [2.75, 3.05) is 0 Å². The molecule has 96 valence electrons. The molecule has 0 saturated heterocycles. The van der Waals surface area contributed by atoms with E-state index < -0.39 is 11.7 Å². The predicted molar refractivity (Wildman–Crippen MR) is 68.3 cm³/mol. The van der Waals surface area contributed by atoms with Crippen molar-refractivity contribution in [1.82, 2.24) is 0 Å². The lowest BCUT2D eigenvalue weighted by Gasteiger charge is -2.24. The van der Waals surface area contributed by atoms with Crippen LogP contribution in [0.5, 0.6) is 0 Å². The van der Waals surface area contributed by atoms with Gasteiger partial charge in [0.2, 0.25) is 0 Å². The number of amides is 1. The van der Waals surface area contributed by atoms with Gasteiger partial charge in [0.25, 0.3) is 0 Å². The smallest absolute Gasteiger partial charge is 0.405 e. The van der Waals surface area contributed by atoms with Crippen LogP contribution < -0.4 is 5.73 Å². The second kappa shape index (κ2) is 5.93. The molecule has 0 saturated carbocycles. The third-order valence-corrected chi connectivity index (χ3v) is 2.52. The SMILES string of the molecule is CC(C)(CCc1ccccc1N=[N+]=[N-])OC(N)=O. The van der Waals surface area contributed by atoms with E-state index in [9.17, 15) is 4.79 Å². The topological polar surface area (TPSA) is 101 Å². The van der Waals surface area contributed by atoms with E-state index in [2.05, 4.69) is 10.0 Å². The number of hydrogen-bond donors (Lipinski definition) is 1. The summed E-state index contributed by atoms with van der Waals surface area (Å²) in [6.45, 7) is 3.57. The maximum atomic E-state index is 10.7. The molecule has 6 heteroatoms. The molecule has 0 unspecified atom stereocenters. The molecule has 0 radical (unpaired) electrons. The van der Waals surface area contributed by atoms with Crippen LogP contribution in [-0.2, 0) is 11.2 Å². The molecule has 0 aliphatic heterocycles. The summed E-state index contributed by atoms with van der Waals surface area (Å²) in [7, 11) is 0. The summed E-state index contributed by atoms with van der Waals surface area (Å²) < 4.78 is 4.99. The van der Waals surface area contributed by atoms with E-state index in [-0.39, 0.29) is 0 Å². The van der Waals surface area contributed by atoms with Gasteiger partial charge in [0.05, 0.1) is 0 Å². The highest BCUT2D eigenvalue weighted by atomic mass is 16.6. The number of ether oxygens (including phenoxy) is 1. The number of rotatable bonds is 5. The molecule has 0 aliphatic carbocycles. The van der Waals surface area contributed by atoms with E-state index in [1.165, 1.54) is 0 Å². The average Bonchev–Trinajstić information content (AvgIpc) is 2.27. The standard InChI is InChI=1S/C12H16N4O2/c1-12(2,18-11(13)17)8-7-9-5-3-4-6-10(9)15-16-14/h3-6H,7-8H2,1-2H3,(H2,13,17). The van der Waals surface area contributed by atoms with Gasteiger partial charge in [-0.15, -0.1) is 0 Å². The molecule has 0 atom stereocenters. The van der Waals surface area contributed by atoms with Gasteiger partial charge in [-0.1, -0.05) is 29.4 Å². The van der Waals surface area contributed by atoms with Gasteiger partial charge in [-0.25, -0.2) is 4.79 Å². The molecule has 0 heterocycles. The van der Waals surface area contributed by atoms with Gasteiger partial charge in [-0.05, 0) is 37.8 Å². The molecule has 1 amide bonds. The van der Waals surface area contributed by atoms with Gasteiger partial charge < -0.3 is 10.5 Å². The molecule has 6 nitrogen and oxygen atoms in total. The Morgan fingerprint density at radius 2 is 2.17 bits per heavy atom. The fourth-order valence-corrected chi connectivity index (χ4v) is 1.63. The van der Waals surface area contributed by atoms with E-state index in [1.54, 1.807) is 26.0 Å². The minimum atomic E-state index is -0.789. The highest BCUT2D eigenvalue weighted by Gasteiger charge is 2.21. The van der Waals surface area contributed by atoms with Crippen LogP contribution in [0.4, 0.5) is 10.5 Å². The first-order valence-corrected chi connectivity index (χ1v) is 5.56. The van der Waals surface area contributed by atoms with Crippen LogP contribution in [0, 0.1) is 0 Å². The van der Waals surface area contributed by atoms with Crippen molar-refractivity contribution in [3.05, 3.63) is 40.3 Å². The maximum Gasteiger partial charge on any atom is 0.405 e. The molecular formula is C12H16N4O2. The third kappa shape index (κ3) is 4.35. The zero-order chi connectivity index (χ0) is 13.6. The highest BCUT2D eigenvalue weighted by molar-refractivity contribution is 5.65. The number of benzene rings is 1. The largest absolute Gasteiger partial charge is 0.444 e. The summed E-state index contributed by atoms with van der Waals surface area (Å²) in [4.78, 5) is 13.5. The first kappa shape index (κ1) is 13.9. The molecule has 0 aliphatic rings. The fraction of sp³-hybridized carbons (Fsp3) is 0.417. The fourth-order valence-electron chi connectivity index (χ4n) is 1.63. The Balaban J connectivity index is 2.74. The van der Waals surface area contributed by atoms with Gasteiger partial charge in [-0.2, -0.15) is 0 Å². The van der Waals surface area contributed by atoms with Crippen LogP contribution in [0.1, 0.15) is 25.8 Å². The van der Waals surface area contributed by atoms with E-state index in [0.717, 1.165) is 5.56 Å². The van der Waals surface area contributed by atoms with Crippen LogP contribution in [0.3, 0.4) is 0 Å². The molecule has 1 rings (SSSR count). The highest BCUT2D eigenvalue weighted by Crippen LogP contribution is 2.24. The van der Waals surface area contributed by atoms with Crippen LogP contribution in [0.25, 0.3) is 10.4 Å². The van der Waals surface area contributed by atoms with E-state index in [1.807, 2.05) is 12.1 Å². The van der Waals surface area contributed by atoms with Crippen molar-refractivity contribution in [3.8, 4) is 0 Å². The Morgan fingerprint density at radius 3 is 2.78 bits per heavy atom. The average molecular weight is 248 g/mol. The molecular weight excluding hydrogens is 232 g/mol. The van der Waals surface area contributed by atoms with Crippen LogP contribution in [0.15, 0.2) is 29.4 Å². The summed E-state index contributed by atoms with van der Waals surface area (Å²) in [6, 6.07) is 7.30. The van der Waals surface area contributed by atoms with Crippen molar-refractivity contribution in [2.24, 2.45) is 10.8 Å². The number of carbonyl (C=O) groups is 1. The van der Waals surface area contributed by atoms with E-state index in [0.29, 0.717) is 18.5 Å². The number of nitrogens with zero attached hydrogens (tertiary/aromatic N) is 3. The van der Waals surface area contributed by atoms with Crippen molar-refractivity contribution in [2.45, 2.75) is 32.3 Å². The molecule has 0 spiro atoms. The Labute approximate surface area is 105 Å². The van der Waals surface area contributed by atoms with Gasteiger partial charge >= 0.3 is 6.09 Å². The van der Waals surface area contributed by atoms with Gasteiger partial charge in [0.15, 0.2) is 0 Å². The van der Waals surface area contributed by atoms with E-state index >= 15 is 0 Å². The maximum absolute atomic E-state index is 10.7. The summed E-state index contributed by atoms with van der Waals surface area (Å²) in [5.74, 6) is 0. The number of hydrogen-bond acceptors (Lipinski definition) is 3. The molecule has 0 bridgehead atoms. The Morgan fingerprint density at radius 1 is 1.50 bits per heavy atom. The Bertz CT molecular complexity index is 479. The summed E-state index contributed by atoms with van der Waals surface area (Å²) >= 11 is 0. The lowest BCUT2D eigenvalue weighted by molar-refractivity contribution is 0.0394. The first-order valence-electron chi connectivity index (χ1n) is 5.56. The normalized spacial score (nSPS) is 10.6. The number of azide groups is 1. The van der Waals surface area contributed by atoms with Crippen molar-refractivity contribution in [3.63, 3.8) is 0 Å². The summed E-state index contributed by atoms with van der Waals surface area (Å²) in [5.41, 5.74) is 14.3. The van der Waals surface area contributed by atoms with Crippen molar-refractivity contribution >= 4 is 11.8 Å². The zero-order valence-corrected chi connectivity index (χ0v) is 10.5. The quantitative estimate of drug-likeness (QED) is 0.490. The molecule has 18 heavy (non-hydrogen) atoms. The molecule has 2 N–H and O–H groups in total. The zero-order valence-electron chi connectivity index (χ0n) is 10.5. The Kier molecular flexibility index (Phi) is 4.57. The summed E-state index contributed by atoms with van der Waals surface area (Å²) in [5, 5.41) is 3.62. The lowest BCUT2D eigenvalue weighted by Crippen LogP contribution is -2.31. The summed E-state index contributed by atoms with van der Waals surface area (Å²) in [6.07, 6.45) is 0.437. The van der Waals surface area contributed by atoms with Crippen molar-refractivity contribution in [1.29, 1.82) is 0 Å². The number of primary amides is 1. The third-order valence-electron chi connectivity index (χ3n) is 2.52. The van der Waals surface area contributed by atoms with Gasteiger partial charge in [-0.3, -0.25) is 0 Å².